The molecule has 110 valence electrons. The fraction of sp³-hybridized carbons (Fsp3) is 0.188. The van der Waals surface area contributed by atoms with Gasteiger partial charge >= 0.3 is 0 Å². The van der Waals surface area contributed by atoms with Crippen LogP contribution in [0.5, 0.6) is 11.5 Å². The summed E-state index contributed by atoms with van der Waals surface area (Å²) >= 11 is 0. The molecule has 0 aromatic heterocycles. The summed E-state index contributed by atoms with van der Waals surface area (Å²) in [5, 5.41) is 2.79. The van der Waals surface area contributed by atoms with Crippen LogP contribution < -0.4 is 20.5 Å². The third-order valence-electron chi connectivity index (χ3n) is 2.88. The van der Waals surface area contributed by atoms with Crippen LogP contribution in [0.1, 0.15) is 5.56 Å². The Morgan fingerprint density at radius 3 is 2.62 bits per heavy atom. The number of hydrogen-bond donors (Lipinski definition) is 2. The molecule has 5 heteroatoms. The molecule has 3 N–H and O–H groups in total. The molecule has 0 bridgehead atoms. The Kier molecular flexibility index (Phi) is 5.04. The third-order valence-corrected chi connectivity index (χ3v) is 2.88. The number of ether oxygens (including phenoxy) is 2. The summed E-state index contributed by atoms with van der Waals surface area (Å²) in [5.74, 6) is 0.788. The van der Waals surface area contributed by atoms with Crippen molar-refractivity contribution in [3.8, 4) is 11.5 Å². The van der Waals surface area contributed by atoms with E-state index in [-0.39, 0.29) is 12.5 Å². The van der Waals surface area contributed by atoms with Gasteiger partial charge in [-0.2, -0.15) is 0 Å². The van der Waals surface area contributed by atoms with Crippen molar-refractivity contribution in [2.24, 2.45) is 0 Å². The Morgan fingerprint density at radius 1 is 1.14 bits per heavy atom. The van der Waals surface area contributed by atoms with Crippen LogP contribution in [0.3, 0.4) is 0 Å². The van der Waals surface area contributed by atoms with Crippen LogP contribution in [-0.2, 0) is 11.3 Å². The first kappa shape index (κ1) is 14.7. The predicted molar refractivity (Wildman–Crippen MR) is 81.2 cm³/mol. The molecule has 0 atom stereocenters. The van der Waals surface area contributed by atoms with Crippen molar-refractivity contribution >= 4 is 11.6 Å². The molecule has 21 heavy (non-hydrogen) atoms. The van der Waals surface area contributed by atoms with E-state index in [2.05, 4.69) is 5.32 Å². The first-order valence-electron chi connectivity index (χ1n) is 6.56. The van der Waals surface area contributed by atoms with Crippen molar-refractivity contribution in [2.75, 3.05) is 19.5 Å². The molecule has 0 saturated heterocycles. The quantitative estimate of drug-likeness (QED) is 0.796. The van der Waals surface area contributed by atoms with Crippen molar-refractivity contribution in [3.63, 3.8) is 0 Å². The fourth-order valence-electron chi connectivity index (χ4n) is 1.80. The van der Waals surface area contributed by atoms with Gasteiger partial charge in [-0.1, -0.05) is 30.3 Å². The number of nitrogen functional groups attached to an aromatic ring is 1. The van der Waals surface area contributed by atoms with Crippen molar-refractivity contribution < 1.29 is 14.3 Å². The molecule has 0 unspecified atom stereocenters. The van der Waals surface area contributed by atoms with E-state index in [1.165, 1.54) is 7.11 Å². The van der Waals surface area contributed by atoms with Gasteiger partial charge in [-0.25, -0.2) is 0 Å². The first-order valence-corrected chi connectivity index (χ1v) is 6.56. The van der Waals surface area contributed by atoms with E-state index in [0.29, 0.717) is 23.7 Å². The van der Waals surface area contributed by atoms with E-state index in [1.54, 1.807) is 18.2 Å². The number of hydrogen-bond acceptors (Lipinski definition) is 4. The van der Waals surface area contributed by atoms with E-state index in [9.17, 15) is 4.79 Å². The molecule has 0 spiro atoms. The average molecular weight is 286 g/mol. The number of amides is 1. The first-order chi connectivity index (χ1) is 10.2. The van der Waals surface area contributed by atoms with Gasteiger partial charge in [0.05, 0.1) is 7.11 Å². The molecule has 1 amide bonds. The van der Waals surface area contributed by atoms with Gasteiger partial charge in [-0.15, -0.1) is 0 Å². The zero-order valence-electron chi connectivity index (χ0n) is 11.8. The number of carbonyl (C=O) groups is 1. The lowest BCUT2D eigenvalue weighted by Gasteiger charge is -2.11. The molecule has 2 aromatic rings. The normalized spacial score (nSPS) is 9.95. The van der Waals surface area contributed by atoms with Crippen molar-refractivity contribution in [1.82, 2.24) is 5.32 Å². The molecule has 2 aromatic carbocycles. The summed E-state index contributed by atoms with van der Waals surface area (Å²) in [7, 11) is 1.54. The van der Waals surface area contributed by atoms with Gasteiger partial charge in [-0.05, 0) is 17.7 Å². The van der Waals surface area contributed by atoms with Gasteiger partial charge in [0.25, 0.3) is 5.91 Å². The second-order valence-corrected chi connectivity index (χ2v) is 4.46. The third kappa shape index (κ3) is 4.42. The molecule has 0 radical (unpaired) electrons. The Hall–Kier alpha value is -2.69. The standard InChI is InChI=1S/C16H18N2O3/c1-20-14-8-7-13(17)9-15(14)21-11-16(19)18-10-12-5-3-2-4-6-12/h2-9H,10-11,17H2,1H3,(H,18,19). The monoisotopic (exact) mass is 286 g/mol. The summed E-state index contributed by atoms with van der Waals surface area (Å²) in [6.07, 6.45) is 0. The van der Waals surface area contributed by atoms with E-state index >= 15 is 0 Å². The second kappa shape index (κ2) is 7.19. The molecule has 0 fully saturated rings. The average Bonchev–Trinajstić information content (AvgIpc) is 2.52. The predicted octanol–water partition coefficient (Wildman–Crippen LogP) is 1.97. The zero-order valence-corrected chi connectivity index (χ0v) is 11.8. The molecular weight excluding hydrogens is 268 g/mol. The van der Waals surface area contributed by atoms with Crippen LogP contribution in [0.15, 0.2) is 48.5 Å². The number of rotatable bonds is 6. The summed E-state index contributed by atoms with van der Waals surface area (Å²) in [6, 6.07) is 14.7. The molecule has 2 rings (SSSR count). The fourth-order valence-corrected chi connectivity index (χ4v) is 1.80. The minimum Gasteiger partial charge on any atom is -0.493 e. The molecule has 0 saturated carbocycles. The molecule has 0 aliphatic rings. The van der Waals surface area contributed by atoms with Gasteiger partial charge in [0, 0.05) is 18.3 Å². The number of benzene rings is 2. The lowest BCUT2D eigenvalue weighted by molar-refractivity contribution is -0.123. The van der Waals surface area contributed by atoms with Crippen molar-refractivity contribution in [1.29, 1.82) is 0 Å². The molecule has 0 aliphatic heterocycles. The molecule has 5 nitrogen and oxygen atoms in total. The summed E-state index contributed by atoms with van der Waals surface area (Å²) in [5.41, 5.74) is 7.27. The Labute approximate surface area is 123 Å². The topological polar surface area (TPSA) is 73.6 Å². The summed E-state index contributed by atoms with van der Waals surface area (Å²) < 4.78 is 10.6. The number of nitrogens with two attached hydrogens (primary N) is 1. The Balaban J connectivity index is 1.85. The highest BCUT2D eigenvalue weighted by molar-refractivity contribution is 5.77. The highest BCUT2D eigenvalue weighted by atomic mass is 16.5. The maximum atomic E-state index is 11.8. The van der Waals surface area contributed by atoms with Crippen LogP contribution >= 0.6 is 0 Å². The van der Waals surface area contributed by atoms with Crippen LogP contribution in [0.4, 0.5) is 5.69 Å². The van der Waals surface area contributed by atoms with Gasteiger partial charge in [-0.3, -0.25) is 4.79 Å². The summed E-state index contributed by atoms with van der Waals surface area (Å²) in [6.45, 7) is 0.379. The largest absolute Gasteiger partial charge is 0.493 e. The van der Waals surface area contributed by atoms with Gasteiger partial charge in [0.1, 0.15) is 0 Å². The van der Waals surface area contributed by atoms with Crippen LogP contribution in [0.25, 0.3) is 0 Å². The molecular formula is C16H18N2O3. The number of anilines is 1. The van der Waals surface area contributed by atoms with Crippen LogP contribution in [0.2, 0.25) is 0 Å². The van der Waals surface area contributed by atoms with Crippen LogP contribution in [-0.4, -0.2) is 19.6 Å². The minimum absolute atomic E-state index is 0.0906. The lowest BCUT2D eigenvalue weighted by atomic mass is 10.2. The van der Waals surface area contributed by atoms with E-state index < -0.39 is 0 Å². The SMILES string of the molecule is COc1ccc(N)cc1OCC(=O)NCc1ccccc1. The van der Waals surface area contributed by atoms with Crippen molar-refractivity contribution in [3.05, 3.63) is 54.1 Å². The smallest absolute Gasteiger partial charge is 0.258 e. The van der Waals surface area contributed by atoms with E-state index in [0.717, 1.165) is 5.56 Å². The Morgan fingerprint density at radius 2 is 1.90 bits per heavy atom. The molecule has 0 heterocycles. The van der Waals surface area contributed by atoms with Crippen LogP contribution in [0, 0.1) is 0 Å². The minimum atomic E-state index is -0.205. The maximum absolute atomic E-state index is 11.8. The number of methoxy groups -OCH3 is 1. The highest BCUT2D eigenvalue weighted by Gasteiger charge is 2.08. The zero-order chi connectivity index (χ0) is 15.1. The highest BCUT2D eigenvalue weighted by Crippen LogP contribution is 2.28. The van der Waals surface area contributed by atoms with Gasteiger partial charge < -0.3 is 20.5 Å². The van der Waals surface area contributed by atoms with E-state index in [1.807, 2.05) is 30.3 Å². The Bertz CT molecular complexity index is 600. The maximum Gasteiger partial charge on any atom is 0.258 e. The number of carbonyl (C=O) groups excluding carboxylic acids is 1. The van der Waals surface area contributed by atoms with E-state index in [4.69, 9.17) is 15.2 Å². The van der Waals surface area contributed by atoms with Crippen molar-refractivity contribution in [2.45, 2.75) is 6.54 Å². The van der Waals surface area contributed by atoms with Gasteiger partial charge in [0.15, 0.2) is 18.1 Å². The summed E-state index contributed by atoms with van der Waals surface area (Å²) in [4.78, 5) is 11.8. The second-order valence-electron chi connectivity index (χ2n) is 4.46. The molecule has 0 aliphatic carbocycles. The number of nitrogens with one attached hydrogen (secondary N) is 1. The lowest BCUT2D eigenvalue weighted by Crippen LogP contribution is -2.28. The van der Waals surface area contributed by atoms with Gasteiger partial charge in [0.2, 0.25) is 0 Å².